The molecule has 2 atom stereocenters. The first-order valence-electron chi connectivity index (χ1n) is 6.77. The minimum Gasteiger partial charge on any atom is -0.330 e. The summed E-state index contributed by atoms with van der Waals surface area (Å²) in [6.45, 7) is 6.76. The average Bonchev–Trinajstić information content (AvgIpc) is 2.40. The van der Waals surface area contributed by atoms with Gasteiger partial charge in [-0.1, -0.05) is 37.3 Å². The van der Waals surface area contributed by atoms with Gasteiger partial charge in [-0.2, -0.15) is 0 Å². The molecule has 0 spiro atoms. The van der Waals surface area contributed by atoms with E-state index in [2.05, 4.69) is 42.2 Å². The standard InChI is InChI=1S/C15H24N2/c1-13(15-7-3-2-4-8-15)11-17-9-5-6-14(10-16)12-17/h2-4,7-8,13-14H,5-6,9-12,16H2,1H3/t13-,14+/m1/s1. The molecule has 1 heterocycles. The molecule has 0 aromatic heterocycles. The fourth-order valence-electron chi connectivity index (χ4n) is 2.78. The van der Waals surface area contributed by atoms with Gasteiger partial charge in [-0.15, -0.1) is 0 Å². The molecule has 1 aromatic rings. The molecule has 0 bridgehead atoms. The lowest BCUT2D eigenvalue weighted by molar-refractivity contribution is 0.171. The van der Waals surface area contributed by atoms with Gasteiger partial charge in [-0.3, -0.25) is 0 Å². The maximum absolute atomic E-state index is 5.78. The Balaban J connectivity index is 1.88. The van der Waals surface area contributed by atoms with Crippen molar-refractivity contribution in [1.82, 2.24) is 4.90 Å². The van der Waals surface area contributed by atoms with Crippen molar-refractivity contribution >= 4 is 0 Å². The lowest BCUT2D eigenvalue weighted by Crippen LogP contribution is -2.40. The maximum Gasteiger partial charge on any atom is 0.00477 e. The molecule has 94 valence electrons. The number of nitrogens with two attached hydrogens (primary N) is 1. The van der Waals surface area contributed by atoms with E-state index in [0.29, 0.717) is 11.8 Å². The van der Waals surface area contributed by atoms with E-state index in [4.69, 9.17) is 5.73 Å². The molecule has 0 radical (unpaired) electrons. The maximum atomic E-state index is 5.78. The molecule has 0 aliphatic carbocycles. The first-order valence-corrected chi connectivity index (χ1v) is 6.77. The topological polar surface area (TPSA) is 29.3 Å². The molecule has 0 amide bonds. The Morgan fingerprint density at radius 1 is 1.35 bits per heavy atom. The normalized spacial score (nSPS) is 23.5. The van der Waals surface area contributed by atoms with Gasteiger partial charge in [0, 0.05) is 13.1 Å². The van der Waals surface area contributed by atoms with Gasteiger partial charge in [-0.25, -0.2) is 0 Å². The van der Waals surface area contributed by atoms with Crippen LogP contribution in [0.5, 0.6) is 0 Å². The van der Waals surface area contributed by atoms with Gasteiger partial charge < -0.3 is 10.6 Å². The van der Waals surface area contributed by atoms with Crippen LogP contribution in [0.3, 0.4) is 0 Å². The minimum atomic E-state index is 0.618. The molecule has 1 aliphatic heterocycles. The van der Waals surface area contributed by atoms with Crippen molar-refractivity contribution in [2.75, 3.05) is 26.2 Å². The highest BCUT2D eigenvalue weighted by Gasteiger charge is 2.20. The van der Waals surface area contributed by atoms with Crippen molar-refractivity contribution < 1.29 is 0 Å². The van der Waals surface area contributed by atoms with E-state index in [9.17, 15) is 0 Å². The third-order valence-electron chi connectivity index (χ3n) is 3.84. The van der Waals surface area contributed by atoms with Gasteiger partial charge in [0.15, 0.2) is 0 Å². The van der Waals surface area contributed by atoms with Crippen LogP contribution in [-0.4, -0.2) is 31.1 Å². The van der Waals surface area contributed by atoms with Crippen LogP contribution in [0, 0.1) is 5.92 Å². The summed E-state index contributed by atoms with van der Waals surface area (Å²) in [5.74, 6) is 1.33. The number of piperidine rings is 1. The van der Waals surface area contributed by atoms with Crippen molar-refractivity contribution in [3.8, 4) is 0 Å². The quantitative estimate of drug-likeness (QED) is 0.864. The van der Waals surface area contributed by atoms with E-state index >= 15 is 0 Å². The number of likely N-dealkylation sites (tertiary alicyclic amines) is 1. The number of hydrogen-bond acceptors (Lipinski definition) is 2. The van der Waals surface area contributed by atoms with E-state index in [-0.39, 0.29) is 0 Å². The highest BCUT2D eigenvalue weighted by Crippen LogP contribution is 2.20. The SMILES string of the molecule is C[C@H](CN1CCC[C@@H](CN)C1)c1ccccc1. The van der Waals surface area contributed by atoms with Gasteiger partial charge in [0.05, 0.1) is 0 Å². The lowest BCUT2D eigenvalue weighted by Gasteiger charge is -2.33. The second kappa shape index (κ2) is 6.18. The molecule has 17 heavy (non-hydrogen) atoms. The van der Waals surface area contributed by atoms with Gasteiger partial charge in [0.1, 0.15) is 0 Å². The summed E-state index contributed by atoms with van der Waals surface area (Å²) in [6, 6.07) is 10.8. The zero-order valence-electron chi connectivity index (χ0n) is 10.8. The van der Waals surface area contributed by atoms with Crippen LogP contribution < -0.4 is 5.73 Å². The summed E-state index contributed by atoms with van der Waals surface area (Å²) >= 11 is 0. The van der Waals surface area contributed by atoms with Crippen LogP contribution in [0.4, 0.5) is 0 Å². The Labute approximate surface area is 105 Å². The largest absolute Gasteiger partial charge is 0.330 e. The predicted molar refractivity (Wildman–Crippen MR) is 73.1 cm³/mol. The van der Waals surface area contributed by atoms with Crippen LogP contribution >= 0.6 is 0 Å². The highest BCUT2D eigenvalue weighted by atomic mass is 15.1. The Bertz CT molecular complexity index is 323. The molecule has 2 N–H and O–H groups in total. The number of hydrogen-bond donors (Lipinski definition) is 1. The monoisotopic (exact) mass is 232 g/mol. The van der Waals surface area contributed by atoms with Crippen LogP contribution in [0.2, 0.25) is 0 Å². The zero-order chi connectivity index (χ0) is 12.1. The Morgan fingerprint density at radius 2 is 2.12 bits per heavy atom. The van der Waals surface area contributed by atoms with Gasteiger partial charge in [-0.05, 0) is 43.3 Å². The van der Waals surface area contributed by atoms with E-state index < -0.39 is 0 Å². The third-order valence-corrected chi connectivity index (χ3v) is 3.84. The molecular formula is C15H24N2. The molecule has 1 aliphatic rings. The summed E-state index contributed by atoms with van der Waals surface area (Å²) in [7, 11) is 0. The van der Waals surface area contributed by atoms with Gasteiger partial charge in [0.2, 0.25) is 0 Å². The summed E-state index contributed by atoms with van der Waals surface area (Å²) in [6.07, 6.45) is 2.62. The van der Waals surface area contributed by atoms with Gasteiger partial charge >= 0.3 is 0 Å². The van der Waals surface area contributed by atoms with E-state index in [1.165, 1.54) is 38.0 Å². The fourth-order valence-corrected chi connectivity index (χ4v) is 2.78. The van der Waals surface area contributed by atoms with Gasteiger partial charge in [0.25, 0.3) is 0 Å². The number of benzene rings is 1. The molecule has 2 nitrogen and oxygen atoms in total. The summed E-state index contributed by atoms with van der Waals surface area (Å²) in [5.41, 5.74) is 7.23. The second-order valence-electron chi connectivity index (χ2n) is 5.32. The third kappa shape index (κ3) is 3.55. The molecule has 1 fully saturated rings. The van der Waals surface area contributed by atoms with E-state index in [0.717, 1.165) is 6.54 Å². The van der Waals surface area contributed by atoms with Crippen molar-refractivity contribution in [3.05, 3.63) is 35.9 Å². The van der Waals surface area contributed by atoms with Crippen LogP contribution in [-0.2, 0) is 0 Å². The fraction of sp³-hybridized carbons (Fsp3) is 0.600. The predicted octanol–water partition coefficient (Wildman–Crippen LogP) is 2.46. The molecular weight excluding hydrogens is 208 g/mol. The molecule has 2 heteroatoms. The van der Waals surface area contributed by atoms with Crippen molar-refractivity contribution in [2.45, 2.75) is 25.7 Å². The number of rotatable bonds is 4. The smallest absolute Gasteiger partial charge is 0.00477 e. The minimum absolute atomic E-state index is 0.618. The Morgan fingerprint density at radius 3 is 2.82 bits per heavy atom. The van der Waals surface area contributed by atoms with Crippen molar-refractivity contribution in [1.29, 1.82) is 0 Å². The van der Waals surface area contributed by atoms with Crippen molar-refractivity contribution in [3.63, 3.8) is 0 Å². The van der Waals surface area contributed by atoms with E-state index in [1.807, 2.05) is 0 Å². The second-order valence-corrected chi connectivity index (χ2v) is 5.32. The highest BCUT2D eigenvalue weighted by molar-refractivity contribution is 5.19. The zero-order valence-corrected chi connectivity index (χ0v) is 10.8. The first-order chi connectivity index (χ1) is 8.29. The average molecular weight is 232 g/mol. The Kier molecular flexibility index (Phi) is 4.57. The molecule has 0 saturated carbocycles. The van der Waals surface area contributed by atoms with Crippen LogP contribution in [0.25, 0.3) is 0 Å². The summed E-state index contributed by atoms with van der Waals surface area (Å²) in [5, 5.41) is 0. The first kappa shape index (κ1) is 12.6. The Hall–Kier alpha value is -0.860. The molecule has 2 rings (SSSR count). The van der Waals surface area contributed by atoms with Crippen LogP contribution in [0.15, 0.2) is 30.3 Å². The van der Waals surface area contributed by atoms with E-state index in [1.54, 1.807) is 0 Å². The molecule has 1 aromatic carbocycles. The number of nitrogens with zero attached hydrogens (tertiary/aromatic N) is 1. The summed E-state index contributed by atoms with van der Waals surface area (Å²) < 4.78 is 0. The molecule has 0 unspecified atom stereocenters. The molecule has 1 saturated heterocycles. The van der Waals surface area contributed by atoms with Crippen LogP contribution in [0.1, 0.15) is 31.2 Å². The summed E-state index contributed by atoms with van der Waals surface area (Å²) in [4.78, 5) is 2.58. The lowest BCUT2D eigenvalue weighted by atomic mass is 9.95. The van der Waals surface area contributed by atoms with Crippen molar-refractivity contribution in [2.24, 2.45) is 11.7 Å².